The molecule has 0 amide bonds. The maximum atomic E-state index is 10.7. The van der Waals surface area contributed by atoms with Crippen LogP contribution in [-0.2, 0) is 0 Å². The lowest BCUT2D eigenvalue weighted by atomic mass is 10.1. The van der Waals surface area contributed by atoms with Crippen molar-refractivity contribution in [1.29, 1.82) is 5.26 Å². The van der Waals surface area contributed by atoms with E-state index in [4.69, 9.17) is 21.6 Å². The number of nitro benzene ring substituents is 1. The fourth-order valence-corrected chi connectivity index (χ4v) is 1.89. The lowest BCUT2D eigenvalue weighted by Gasteiger charge is -2.09. The highest BCUT2D eigenvalue weighted by molar-refractivity contribution is 6.49. The first-order valence-electron chi connectivity index (χ1n) is 5.66. The molecule has 0 radical (unpaired) electrons. The van der Waals surface area contributed by atoms with Crippen molar-refractivity contribution in [3.05, 3.63) is 39.4 Å². The van der Waals surface area contributed by atoms with Crippen molar-refractivity contribution in [2.24, 2.45) is 0 Å². The zero-order valence-electron chi connectivity index (χ0n) is 10.6. The summed E-state index contributed by atoms with van der Waals surface area (Å²) in [5.41, 5.74) is 0.843. The number of nitro groups is 1. The zero-order valence-corrected chi connectivity index (χ0v) is 11.4. The molecule has 0 aromatic heterocycles. The minimum atomic E-state index is -0.513. The molecule has 1 aromatic carbocycles. The molecule has 5 nitrogen and oxygen atoms in total. The number of allylic oxidation sites excluding steroid dienone is 1. The molecule has 0 unspecified atom stereocenters. The summed E-state index contributed by atoms with van der Waals surface area (Å²) in [7, 11) is 1.40. The molecular weight excluding hydrogens is 268 g/mol. The summed E-state index contributed by atoms with van der Waals surface area (Å²) >= 11 is 6.17. The molecule has 0 saturated carbocycles. The largest absolute Gasteiger partial charge is 0.496 e. The maximum absolute atomic E-state index is 10.7. The van der Waals surface area contributed by atoms with E-state index in [9.17, 15) is 10.1 Å². The summed E-state index contributed by atoms with van der Waals surface area (Å²) in [6.45, 7) is 1.94. The number of nitrogens with zero attached hydrogens (tertiary/aromatic N) is 2. The molecule has 0 bridgehead atoms. The summed E-state index contributed by atoms with van der Waals surface area (Å²) in [6, 6.07) is 6.17. The normalized spacial score (nSPS) is 11.5. The quantitative estimate of drug-likeness (QED) is 0.466. The summed E-state index contributed by atoms with van der Waals surface area (Å²) in [5, 5.41) is 20.0. The van der Waals surface area contributed by atoms with Crippen LogP contribution in [0.25, 0.3) is 5.03 Å². The molecule has 0 aliphatic heterocycles. The number of hydrogen-bond donors (Lipinski definition) is 0. The maximum Gasteiger partial charge on any atom is 0.273 e. The number of methoxy groups -OCH3 is 1. The number of benzene rings is 1. The highest BCUT2D eigenvalue weighted by Gasteiger charge is 2.15. The predicted molar refractivity (Wildman–Crippen MR) is 72.9 cm³/mol. The monoisotopic (exact) mass is 280 g/mol. The fraction of sp³-hybridized carbons (Fsp3) is 0.308. The molecule has 6 heteroatoms. The average Bonchev–Trinajstić information content (AvgIpc) is 2.43. The van der Waals surface area contributed by atoms with Gasteiger partial charge in [-0.15, -0.1) is 0 Å². The molecule has 19 heavy (non-hydrogen) atoms. The molecule has 0 aliphatic rings. The lowest BCUT2D eigenvalue weighted by Crippen LogP contribution is -1.94. The summed E-state index contributed by atoms with van der Waals surface area (Å²) in [4.78, 5) is 10.2. The van der Waals surface area contributed by atoms with E-state index in [1.807, 2.05) is 13.0 Å². The molecule has 100 valence electrons. The van der Waals surface area contributed by atoms with Gasteiger partial charge in [-0.1, -0.05) is 24.9 Å². The first-order chi connectivity index (χ1) is 9.04. The third-order valence-electron chi connectivity index (χ3n) is 2.53. The van der Waals surface area contributed by atoms with E-state index in [0.717, 1.165) is 6.42 Å². The van der Waals surface area contributed by atoms with Crippen LogP contribution in [0.15, 0.2) is 23.8 Å². The van der Waals surface area contributed by atoms with Crippen LogP contribution in [0.4, 0.5) is 5.69 Å². The average molecular weight is 281 g/mol. The first-order valence-corrected chi connectivity index (χ1v) is 6.04. The summed E-state index contributed by atoms with van der Waals surface area (Å²) in [6.07, 6.45) is 1.34. The molecule has 1 aromatic rings. The van der Waals surface area contributed by atoms with E-state index in [1.54, 1.807) is 0 Å². The topological polar surface area (TPSA) is 76.2 Å². The standard InChI is InChI=1S/C13H13ClN2O3/c1-3-4-9(8-15)13(14)11-6-5-10(16(17)18)7-12(11)19-2/h5-7H,3-4H2,1-2H3/b13-9-. The van der Waals surface area contributed by atoms with Crippen molar-refractivity contribution in [2.75, 3.05) is 7.11 Å². The molecule has 0 spiro atoms. The third-order valence-corrected chi connectivity index (χ3v) is 2.96. The van der Waals surface area contributed by atoms with Gasteiger partial charge >= 0.3 is 0 Å². The number of rotatable bonds is 5. The van der Waals surface area contributed by atoms with Gasteiger partial charge < -0.3 is 4.74 Å². The Balaban J connectivity index is 3.35. The van der Waals surface area contributed by atoms with Crippen molar-refractivity contribution < 1.29 is 9.66 Å². The lowest BCUT2D eigenvalue weighted by molar-refractivity contribution is -0.384. The SMILES string of the molecule is CCC/C(C#N)=C(/Cl)c1ccc([N+](=O)[O-])cc1OC. The Morgan fingerprint density at radius 3 is 2.74 bits per heavy atom. The van der Waals surface area contributed by atoms with E-state index >= 15 is 0 Å². The predicted octanol–water partition coefficient (Wildman–Crippen LogP) is 3.88. The number of hydrogen-bond acceptors (Lipinski definition) is 4. The van der Waals surface area contributed by atoms with Crippen LogP contribution in [0.5, 0.6) is 5.75 Å². The van der Waals surface area contributed by atoms with Gasteiger partial charge in [0.05, 0.1) is 29.2 Å². The van der Waals surface area contributed by atoms with Crippen molar-refractivity contribution >= 4 is 22.3 Å². The van der Waals surface area contributed by atoms with Crippen LogP contribution in [0.2, 0.25) is 0 Å². The van der Waals surface area contributed by atoms with Crippen molar-refractivity contribution in [3.63, 3.8) is 0 Å². The zero-order chi connectivity index (χ0) is 14.4. The van der Waals surface area contributed by atoms with E-state index in [1.165, 1.54) is 25.3 Å². The molecule has 0 saturated heterocycles. The van der Waals surface area contributed by atoms with E-state index < -0.39 is 4.92 Å². The van der Waals surface area contributed by atoms with E-state index in [-0.39, 0.29) is 16.5 Å². The molecule has 0 fully saturated rings. The van der Waals surface area contributed by atoms with E-state index in [0.29, 0.717) is 17.6 Å². The molecule has 1 rings (SSSR count). The van der Waals surface area contributed by atoms with Crippen molar-refractivity contribution in [2.45, 2.75) is 19.8 Å². The number of halogens is 1. The minimum Gasteiger partial charge on any atom is -0.496 e. The Labute approximate surface area is 116 Å². The second kappa shape index (κ2) is 6.76. The molecular formula is C13H13ClN2O3. The highest BCUT2D eigenvalue weighted by Crippen LogP contribution is 2.34. The summed E-state index contributed by atoms with van der Waals surface area (Å²) < 4.78 is 5.10. The Hall–Kier alpha value is -2.06. The Kier molecular flexibility index (Phi) is 5.34. The fourth-order valence-electron chi connectivity index (χ4n) is 1.60. The molecule has 0 N–H and O–H groups in total. The van der Waals surface area contributed by atoms with Gasteiger partial charge in [0.2, 0.25) is 0 Å². The number of non-ortho nitro benzene ring substituents is 1. The van der Waals surface area contributed by atoms with E-state index in [2.05, 4.69) is 0 Å². The minimum absolute atomic E-state index is 0.0842. The van der Waals surface area contributed by atoms with Gasteiger partial charge in [0.15, 0.2) is 0 Å². The van der Waals surface area contributed by atoms with Gasteiger partial charge in [-0.25, -0.2) is 0 Å². The smallest absolute Gasteiger partial charge is 0.273 e. The number of nitriles is 1. The van der Waals surface area contributed by atoms with Gasteiger partial charge in [0.1, 0.15) is 5.75 Å². The van der Waals surface area contributed by atoms with Crippen LogP contribution >= 0.6 is 11.6 Å². The van der Waals surface area contributed by atoms with Crippen LogP contribution < -0.4 is 4.74 Å². The van der Waals surface area contributed by atoms with Crippen LogP contribution in [-0.4, -0.2) is 12.0 Å². The van der Waals surface area contributed by atoms with Gasteiger partial charge in [0.25, 0.3) is 5.69 Å². The molecule has 0 aliphatic carbocycles. The van der Waals surface area contributed by atoms with Crippen LogP contribution in [0, 0.1) is 21.4 Å². The van der Waals surface area contributed by atoms with Crippen LogP contribution in [0.3, 0.4) is 0 Å². The van der Waals surface area contributed by atoms with Gasteiger partial charge in [0, 0.05) is 17.2 Å². The van der Waals surface area contributed by atoms with Crippen LogP contribution in [0.1, 0.15) is 25.3 Å². The molecule has 0 atom stereocenters. The summed E-state index contributed by atoms with van der Waals surface area (Å²) in [5.74, 6) is 0.281. The van der Waals surface area contributed by atoms with Crippen molar-refractivity contribution in [1.82, 2.24) is 0 Å². The first kappa shape index (κ1) is 15.0. The second-order valence-electron chi connectivity index (χ2n) is 3.80. The Bertz CT molecular complexity index is 561. The second-order valence-corrected chi connectivity index (χ2v) is 4.17. The molecule has 0 heterocycles. The van der Waals surface area contributed by atoms with Crippen molar-refractivity contribution in [3.8, 4) is 11.8 Å². The highest BCUT2D eigenvalue weighted by atomic mass is 35.5. The van der Waals surface area contributed by atoms with Gasteiger partial charge in [-0.05, 0) is 12.5 Å². The Morgan fingerprint density at radius 1 is 1.58 bits per heavy atom. The van der Waals surface area contributed by atoms with Gasteiger partial charge in [-0.2, -0.15) is 5.26 Å². The number of ether oxygens (including phenoxy) is 1. The van der Waals surface area contributed by atoms with Gasteiger partial charge in [-0.3, -0.25) is 10.1 Å². The third kappa shape index (κ3) is 3.46. The Morgan fingerprint density at radius 2 is 2.26 bits per heavy atom.